The Labute approximate surface area is 89.1 Å². The second-order valence-electron chi connectivity index (χ2n) is 4.80. The third-order valence-corrected chi connectivity index (χ3v) is 3.23. The molecule has 1 saturated carbocycles. The van der Waals surface area contributed by atoms with Crippen LogP contribution >= 0.6 is 0 Å². The maximum atomic E-state index is 3.27. The molecular formula is C12H26N2. The van der Waals surface area contributed by atoms with Gasteiger partial charge in [0.25, 0.3) is 0 Å². The number of hydrogen-bond acceptors (Lipinski definition) is 2. The van der Waals surface area contributed by atoms with Crippen molar-refractivity contribution in [3.05, 3.63) is 0 Å². The lowest BCUT2D eigenvalue weighted by atomic mass is 9.91. The van der Waals surface area contributed by atoms with Crippen molar-refractivity contribution in [1.29, 1.82) is 0 Å². The number of likely N-dealkylation sites (N-methyl/N-ethyl adjacent to an activating group) is 1. The van der Waals surface area contributed by atoms with Gasteiger partial charge in [-0.25, -0.2) is 0 Å². The first-order chi connectivity index (χ1) is 6.79. The van der Waals surface area contributed by atoms with Crippen LogP contribution in [-0.4, -0.2) is 38.1 Å². The molecule has 0 bridgehead atoms. The molecule has 2 heteroatoms. The smallest absolute Gasteiger partial charge is 0.0104 e. The lowest BCUT2D eigenvalue weighted by Gasteiger charge is -2.21. The molecule has 0 atom stereocenters. The van der Waals surface area contributed by atoms with E-state index in [9.17, 15) is 0 Å². The molecule has 0 spiro atoms. The zero-order valence-electron chi connectivity index (χ0n) is 9.89. The van der Waals surface area contributed by atoms with Crippen LogP contribution in [0.1, 0.15) is 39.0 Å². The van der Waals surface area contributed by atoms with Crippen LogP contribution in [0.5, 0.6) is 0 Å². The fourth-order valence-corrected chi connectivity index (χ4v) is 2.08. The molecule has 1 aliphatic heterocycles. The molecule has 0 aromatic rings. The summed E-state index contributed by atoms with van der Waals surface area (Å²) in [5, 5.41) is 3.27. The Morgan fingerprint density at radius 2 is 1.57 bits per heavy atom. The number of nitrogens with zero attached hydrogens (tertiary/aromatic N) is 1. The van der Waals surface area contributed by atoms with Crippen molar-refractivity contribution < 1.29 is 0 Å². The van der Waals surface area contributed by atoms with Gasteiger partial charge in [0.1, 0.15) is 0 Å². The van der Waals surface area contributed by atoms with E-state index < -0.39 is 0 Å². The van der Waals surface area contributed by atoms with E-state index in [1.807, 2.05) is 0 Å². The summed E-state index contributed by atoms with van der Waals surface area (Å²) < 4.78 is 0. The molecule has 1 N–H and O–H groups in total. The molecule has 2 rings (SSSR count). The zero-order valence-corrected chi connectivity index (χ0v) is 9.89. The van der Waals surface area contributed by atoms with E-state index in [-0.39, 0.29) is 0 Å². The summed E-state index contributed by atoms with van der Waals surface area (Å²) in [5.41, 5.74) is 0. The molecule has 1 heterocycles. The second kappa shape index (κ2) is 7.24. The van der Waals surface area contributed by atoms with Gasteiger partial charge < -0.3 is 10.2 Å². The van der Waals surface area contributed by atoms with Gasteiger partial charge in [-0.15, -0.1) is 0 Å². The highest BCUT2D eigenvalue weighted by atomic mass is 15.2. The Bertz CT molecular complexity index is 108. The van der Waals surface area contributed by atoms with Crippen LogP contribution < -0.4 is 5.32 Å². The first-order valence-corrected chi connectivity index (χ1v) is 6.18. The summed E-state index contributed by atoms with van der Waals surface area (Å²) in [5.74, 6) is 1.04. The van der Waals surface area contributed by atoms with Gasteiger partial charge in [-0.1, -0.05) is 39.0 Å². The van der Waals surface area contributed by atoms with E-state index in [4.69, 9.17) is 0 Å². The van der Waals surface area contributed by atoms with Crippen LogP contribution in [0.4, 0.5) is 0 Å². The van der Waals surface area contributed by atoms with Gasteiger partial charge in [-0.05, 0) is 13.0 Å². The number of nitrogens with one attached hydrogen (secondary N) is 1. The fraction of sp³-hybridized carbons (Fsp3) is 1.00. The molecule has 0 amide bonds. The lowest BCUT2D eigenvalue weighted by Crippen LogP contribution is -2.40. The summed E-state index contributed by atoms with van der Waals surface area (Å²) in [6, 6.07) is 0. The first-order valence-electron chi connectivity index (χ1n) is 6.18. The summed E-state index contributed by atoms with van der Waals surface area (Å²) in [6.07, 6.45) is 7.44. The maximum absolute atomic E-state index is 3.27. The Hall–Kier alpha value is -0.0800. The average Bonchev–Trinajstić information content (AvgIpc) is 2.21. The molecule has 2 nitrogen and oxygen atoms in total. The predicted molar refractivity (Wildman–Crippen MR) is 62.6 cm³/mol. The van der Waals surface area contributed by atoms with Crippen molar-refractivity contribution in [2.45, 2.75) is 39.0 Å². The van der Waals surface area contributed by atoms with Gasteiger partial charge in [0.15, 0.2) is 0 Å². The van der Waals surface area contributed by atoms with E-state index in [1.54, 1.807) is 0 Å². The molecule has 84 valence electrons. The number of piperazine rings is 1. The van der Waals surface area contributed by atoms with Crippen LogP contribution in [0.15, 0.2) is 0 Å². The molecule has 0 radical (unpaired) electrons. The highest BCUT2D eigenvalue weighted by Crippen LogP contribution is 2.22. The standard InChI is InChI=1S/C7H14.C5H12N2/c1-7-5-3-2-4-6-7;1-7-4-2-6-3-5-7/h7H,2-6H2,1H3;6H,2-5H2,1H3. The minimum atomic E-state index is 1.04. The van der Waals surface area contributed by atoms with Gasteiger partial charge >= 0.3 is 0 Å². The van der Waals surface area contributed by atoms with E-state index in [0.717, 1.165) is 19.0 Å². The van der Waals surface area contributed by atoms with Gasteiger partial charge in [0.2, 0.25) is 0 Å². The topological polar surface area (TPSA) is 15.3 Å². The van der Waals surface area contributed by atoms with Crippen LogP contribution in [0.25, 0.3) is 0 Å². The number of hydrogen-bond donors (Lipinski definition) is 1. The Morgan fingerprint density at radius 1 is 1.00 bits per heavy atom. The van der Waals surface area contributed by atoms with Gasteiger partial charge in [-0.3, -0.25) is 0 Å². The first kappa shape index (κ1) is 12.0. The maximum Gasteiger partial charge on any atom is 0.0104 e. The Kier molecular flexibility index (Phi) is 6.20. The van der Waals surface area contributed by atoms with E-state index in [1.165, 1.54) is 45.2 Å². The van der Waals surface area contributed by atoms with Crippen molar-refractivity contribution in [2.24, 2.45) is 5.92 Å². The van der Waals surface area contributed by atoms with Gasteiger partial charge in [-0.2, -0.15) is 0 Å². The predicted octanol–water partition coefficient (Wildman–Crippen LogP) is 2.11. The van der Waals surface area contributed by atoms with Crippen LogP contribution in [0.3, 0.4) is 0 Å². The third-order valence-electron chi connectivity index (χ3n) is 3.23. The monoisotopic (exact) mass is 198 g/mol. The summed E-state index contributed by atoms with van der Waals surface area (Å²) >= 11 is 0. The van der Waals surface area contributed by atoms with Crippen molar-refractivity contribution in [3.63, 3.8) is 0 Å². The average molecular weight is 198 g/mol. The molecule has 14 heavy (non-hydrogen) atoms. The van der Waals surface area contributed by atoms with Crippen LogP contribution in [0.2, 0.25) is 0 Å². The quantitative estimate of drug-likeness (QED) is 0.641. The Balaban J connectivity index is 0.000000140. The molecule has 0 unspecified atom stereocenters. The van der Waals surface area contributed by atoms with E-state index in [2.05, 4.69) is 24.2 Å². The van der Waals surface area contributed by atoms with E-state index >= 15 is 0 Å². The molecular weight excluding hydrogens is 172 g/mol. The summed E-state index contributed by atoms with van der Waals surface area (Å²) in [6.45, 7) is 7.10. The second-order valence-corrected chi connectivity index (χ2v) is 4.80. The zero-order chi connectivity index (χ0) is 10.2. The Morgan fingerprint density at radius 3 is 1.86 bits per heavy atom. The SMILES string of the molecule is CC1CCCCC1.CN1CCNCC1. The van der Waals surface area contributed by atoms with Crippen molar-refractivity contribution >= 4 is 0 Å². The lowest BCUT2D eigenvalue weighted by molar-refractivity contribution is 0.291. The largest absolute Gasteiger partial charge is 0.314 e. The van der Waals surface area contributed by atoms with Crippen LogP contribution in [0, 0.1) is 5.92 Å². The minimum absolute atomic E-state index is 1.04. The summed E-state index contributed by atoms with van der Waals surface area (Å²) in [7, 11) is 2.15. The van der Waals surface area contributed by atoms with Crippen molar-refractivity contribution in [3.8, 4) is 0 Å². The van der Waals surface area contributed by atoms with E-state index in [0.29, 0.717) is 0 Å². The third kappa shape index (κ3) is 5.61. The number of rotatable bonds is 0. The molecule has 2 fully saturated rings. The van der Waals surface area contributed by atoms with Crippen molar-refractivity contribution in [2.75, 3.05) is 33.2 Å². The van der Waals surface area contributed by atoms with Crippen molar-refractivity contribution in [1.82, 2.24) is 10.2 Å². The van der Waals surface area contributed by atoms with Crippen LogP contribution in [-0.2, 0) is 0 Å². The van der Waals surface area contributed by atoms with Gasteiger partial charge in [0, 0.05) is 26.2 Å². The molecule has 0 aromatic heterocycles. The minimum Gasteiger partial charge on any atom is -0.314 e. The summed E-state index contributed by atoms with van der Waals surface area (Å²) in [4.78, 5) is 2.33. The normalized spacial score (nSPS) is 25.3. The molecule has 0 aromatic carbocycles. The van der Waals surface area contributed by atoms with Gasteiger partial charge in [0.05, 0.1) is 0 Å². The molecule has 1 saturated heterocycles. The highest BCUT2D eigenvalue weighted by Gasteiger charge is 2.05. The molecule has 2 aliphatic rings. The fourth-order valence-electron chi connectivity index (χ4n) is 2.08. The highest BCUT2D eigenvalue weighted by molar-refractivity contribution is 4.62. The molecule has 1 aliphatic carbocycles.